The first-order valence-corrected chi connectivity index (χ1v) is 10.7. The standard InChI is InChI=1S/C18H16ClN5OS2/c1-2-5-13-22-18(24-23-13)27-9-14-20-16(25)15-11(8-26-17(15)21-14)10-6-3-4-7-12(10)19/h3-4,6-8H,2,5,9H2,1H3,(H,20,21,25)(H,22,23,24). The number of nitrogens with one attached hydrogen (secondary N) is 2. The Balaban J connectivity index is 1.61. The van der Waals surface area contributed by atoms with Gasteiger partial charge in [-0.1, -0.05) is 48.5 Å². The molecule has 0 fully saturated rings. The van der Waals surface area contributed by atoms with Crippen molar-refractivity contribution in [3.63, 3.8) is 0 Å². The fourth-order valence-corrected chi connectivity index (χ4v) is 4.65. The first kappa shape index (κ1) is 18.2. The lowest BCUT2D eigenvalue weighted by molar-refractivity contribution is 0.840. The van der Waals surface area contributed by atoms with Crippen molar-refractivity contribution in [3.05, 3.63) is 56.7 Å². The molecule has 0 saturated heterocycles. The number of H-pyrrole nitrogens is 2. The summed E-state index contributed by atoms with van der Waals surface area (Å²) < 4.78 is 0. The quantitative estimate of drug-likeness (QED) is 0.445. The van der Waals surface area contributed by atoms with Crippen LogP contribution in [-0.4, -0.2) is 25.1 Å². The van der Waals surface area contributed by atoms with Crippen molar-refractivity contribution >= 4 is 44.9 Å². The van der Waals surface area contributed by atoms with Gasteiger partial charge in [-0.3, -0.25) is 9.89 Å². The number of benzene rings is 1. The second kappa shape index (κ2) is 7.84. The summed E-state index contributed by atoms with van der Waals surface area (Å²) in [7, 11) is 0. The maximum atomic E-state index is 12.7. The number of hydrogen-bond donors (Lipinski definition) is 2. The number of aromatic nitrogens is 5. The number of nitrogens with zero attached hydrogens (tertiary/aromatic N) is 3. The fraction of sp³-hybridized carbons (Fsp3) is 0.222. The van der Waals surface area contributed by atoms with Gasteiger partial charge in [0.05, 0.1) is 11.1 Å². The highest BCUT2D eigenvalue weighted by atomic mass is 35.5. The number of aryl methyl sites for hydroxylation is 1. The van der Waals surface area contributed by atoms with E-state index in [-0.39, 0.29) is 5.56 Å². The predicted molar refractivity (Wildman–Crippen MR) is 111 cm³/mol. The molecule has 6 nitrogen and oxygen atoms in total. The number of thioether (sulfide) groups is 1. The zero-order chi connectivity index (χ0) is 18.8. The van der Waals surface area contributed by atoms with Gasteiger partial charge in [0.25, 0.3) is 5.56 Å². The van der Waals surface area contributed by atoms with Crippen LogP contribution in [0.4, 0.5) is 0 Å². The van der Waals surface area contributed by atoms with Crippen LogP contribution in [0.25, 0.3) is 21.3 Å². The molecule has 27 heavy (non-hydrogen) atoms. The number of fused-ring (bicyclic) bond motifs is 1. The third-order valence-electron chi connectivity index (χ3n) is 3.99. The largest absolute Gasteiger partial charge is 0.309 e. The molecular formula is C18H16ClN5OS2. The number of rotatable bonds is 6. The molecule has 0 amide bonds. The van der Waals surface area contributed by atoms with Crippen molar-refractivity contribution in [1.29, 1.82) is 0 Å². The van der Waals surface area contributed by atoms with Crippen LogP contribution >= 0.6 is 34.7 Å². The summed E-state index contributed by atoms with van der Waals surface area (Å²) >= 11 is 9.18. The third kappa shape index (κ3) is 3.78. The summed E-state index contributed by atoms with van der Waals surface area (Å²) in [6.07, 6.45) is 1.88. The Morgan fingerprint density at radius 2 is 2.04 bits per heavy atom. The molecule has 138 valence electrons. The molecule has 4 aromatic rings. The van der Waals surface area contributed by atoms with Crippen LogP contribution in [0.1, 0.15) is 25.0 Å². The normalized spacial score (nSPS) is 11.3. The van der Waals surface area contributed by atoms with Crippen molar-refractivity contribution in [2.24, 2.45) is 0 Å². The van der Waals surface area contributed by atoms with E-state index in [2.05, 4.69) is 32.1 Å². The van der Waals surface area contributed by atoms with Gasteiger partial charge in [0.1, 0.15) is 16.5 Å². The maximum Gasteiger partial charge on any atom is 0.260 e. The second-order valence-electron chi connectivity index (χ2n) is 5.93. The molecule has 1 aromatic carbocycles. The first-order chi connectivity index (χ1) is 13.2. The molecule has 3 heterocycles. The molecule has 0 unspecified atom stereocenters. The molecule has 0 atom stereocenters. The monoisotopic (exact) mass is 417 g/mol. The lowest BCUT2D eigenvalue weighted by Crippen LogP contribution is -2.10. The highest BCUT2D eigenvalue weighted by Crippen LogP contribution is 2.35. The van der Waals surface area contributed by atoms with E-state index in [4.69, 9.17) is 11.6 Å². The van der Waals surface area contributed by atoms with Gasteiger partial charge in [-0.05, 0) is 12.5 Å². The van der Waals surface area contributed by atoms with Crippen LogP contribution in [-0.2, 0) is 12.2 Å². The van der Waals surface area contributed by atoms with Crippen molar-refractivity contribution in [1.82, 2.24) is 25.1 Å². The fourth-order valence-electron chi connectivity index (χ4n) is 2.76. The van der Waals surface area contributed by atoms with Crippen molar-refractivity contribution < 1.29 is 0 Å². The molecule has 0 aliphatic rings. The van der Waals surface area contributed by atoms with Crippen LogP contribution in [0.3, 0.4) is 0 Å². The number of halogens is 1. The molecule has 0 radical (unpaired) electrons. The van der Waals surface area contributed by atoms with Gasteiger partial charge < -0.3 is 4.98 Å². The van der Waals surface area contributed by atoms with E-state index < -0.39 is 0 Å². The van der Waals surface area contributed by atoms with Gasteiger partial charge in [-0.25, -0.2) is 9.97 Å². The van der Waals surface area contributed by atoms with Crippen LogP contribution in [0.2, 0.25) is 5.02 Å². The van der Waals surface area contributed by atoms with Gasteiger partial charge in [-0.2, -0.15) is 0 Å². The van der Waals surface area contributed by atoms with Gasteiger partial charge in [0.2, 0.25) is 5.16 Å². The van der Waals surface area contributed by atoms with Gasteiger partial charge in [-0.15, -0.1) is 16.4 Å². The van der Waals surface area contributed by atoms with Crippen molar-refractivity contribution in [2.45, 2.75) is 30.7 Å². The Hall–Kier alpha value is -2.16. The Morgan fingerprint density at radius 3 is 2.85 bits per heavy atom. The predicted octanol–water partition coefficient (Wildman–Crippen LogP) is 4.67. The second-order valence-corrected chi connectivity index (χ2v) is 8.13. The van der Waals surface area contributed by atoms with Gasteiger partial charge >= 0.3 is 0 Å². The van der Waals surface area contributed by atoms with Crippen LogP contribution in [0.15, 0.2) is 39.6 Å². The van der Waals surface area contributed by atoms with Crippen LogP contribution < -0.4 is 5.56 Å². The number of aromatic amines is 2. The summed E-state index contributed by atoms with van der Waals surface area (Å²) in [5.41, 5.74) is 1.49. The van der Waals surface area contributed by atoms with Crippen molar-refractivity contribution in [3.8, 4) is 11.1 Å². The number of thiophene rings is 1. The maximum absolute atomic E-state index is 12.7. The van der Waals surface area contributed by atoms with E-state index in [1.165, 1.54) is 23.1 Å². The average molecular weight is 418 g/mol. The van der Waals surface area contributed by atoms with Crippen molar-refractivity contribution in [2.75, 3.05) is 0 Å². The molecular weight excluding hydrogens is 402 g/mol. The van der Waals surface area contributed by atoms with E-state index >= 15 is 0 Å². The SMILES string of the molecule is CCCc1nc(SCc2nc3scc(-c4ccccc4Cl)c3c(=O)[nH]2)n[nH]1. The van der Waals surface area contributed by atoms with E-state index in [0.29, 0.717) is 32.0 Å². The Morgan fingerprint density at radius 1 is 1.19 bits per heavy atom. The molecule has 4 rings (SSSR count). The first-order valence-electron chi connectivity index (χ1n) is 8.45. The van der Waals surface area contributed by atoms with Gasteiger partial charge in [0, 0.05) is 28.0 Å². The molecule has 0 spiro atoms. The summed E-state index contributed by atoms with van der Waals surface area (Å²) in [6.45, 7) is 2.09. The number of hydrogen-bond acceptors (Lipinski definition) is 6. The van der Waals surface area contributed by atoms with E-state index in [9.17, 15) is 4.79 Å². The molecule has 9 heteroatoms. The van der Waals surface area contributed by atoms with E-state index in [1.807, 2.05) is 29.6 Å². The average Bonchev–Trinajstić information content (AvgIpc) is 3.28. The zero-order valence-corrected chi connectivity index (χ0v) is 16.8. The molecule has 0 saturated carbocycles. The summed E-state index contributed by atoms with van der Waals surface area (Å²) in [5, 5.41) is 10.9. The Labute approximate surface area is 168 Å². The highest BCUT2D eigenvalue weighted by molar-refractivity contribution is 7.98. The molecule has 0 aliphatic heterocycles. The summed E-state index contributed by atoms with van der Waals surface area (Å²) in [6, 6.07) is 7.50. The van der Waals surface area contributed by atoms with Gasteiger partial charge in [0.15, 0.2) is 0 Å². The summed E-state index contributed by atoms with van der Waals surface area (Å²) in [4.78, 5) is 25.3. The lowest BCUT2D eigenvalue weighted by atomic mass is 10.1. The molecule has 3 aromatic heterocycles. The minimum atomic E-state index is -0.159. The van der Waals surface area contributed by atoms with E-state index in [1.54, 1.807) is 0 Å². The minimum Gasteiger partial charge on any atom is -0.309 e. The molecule has 0 bridgehead atoms. The Kier molecular flexibility index (Phi) is 5.29. The lowest BCUT2D eigenvalue weighted by Gasteiger charge is -2.03. The molecule has 0 aliphatic carbocycles. The van der Waals surface area contributed by atoms with Crippen LogP contribution in [0.5, 0.6) is 0 Å². The third-order valence-corrected chi connectivity index (χ3v) is 6.05. The minimum absolute atomic E-state index is 0.159. The Bertz CT molecular complexity index is 1150. The topological polar surface area (TPSA) is 87.3 Å². The molecule has 2 N–H and O–H groups in total. The van der Waals surface area contributed by atoms with E-state index in [0.717, 1.165) is 29.8 Å². The van der Waals surface area contributed by atoms with Crippen LogP contribution in [0, 0.1) is 0 Å². The smallest absolute Gasteiger partial charge is 0.260 e. The summed E-state index contributed by atoms with van der Waals surface area (Å²) in [5.74, 6) is 1.97. The zero-order valence-electron chi connectivity index (χ0n) is 14.5. The highest BCUT2D eigenvalue weighted by Gasteiger charge is 2.15.